The van der Waals surface area contributed by atoms with E-state index in [4.69, 9.17) is 10.5 Å². The number of sulfonamides is 1. The van der Waals surface area contributed by atoms with Crippen molar-refractivity contribution in [2.24, 2.45) is 5.73 Å². The predicted octanol–water partition coefficient (Wildman–Crippen LogP) is 3.56. The second-order valence-electron chi connectivity index (χ2n) is 6.83. The highest BCUT2D eigenvalue weighted by Crippen LogP contribution is 2.41. The van der Waals surface area contributed by atoms with Gasteiger partial charge in [0.1, 0.15) is 10.6 Å². The Hall–Kier alpha value is -2.50. The van der Waals surface area contributed by atoms with Gasteiger partial charge < -0.3 is 10.5 Å². The summed E-state index contributed by atoms with van der Waals surface area (Å²) in [4.78, 5) is 21.4. The van der Waals surface area contributed by atoms with Crippen molar-refractivity contribution in [3.05, 3.63) is 51.0 Å². The highest BCUT2D eigenvalue weighted by molar-refractivity contribution is 9.10. The molecule has 0 fully saturated rings. The lowest BCUT2D eigenvalue weighted by molar-refractivity contribution is -0.384. The largest absolute Gasteiger partial charge is 0.410 e. The van der Waals surface area contributed by atoms with E-state index in [9.17, 15) is 23.3 Å². The normalized spacial score (nSPS) is 11.9. The molecule has 0 spiro atoms. The summed E-state index contributed by atoms with van der Waals surface area (Å²) in [5.41, 5.74) is 4.48. The number of nitrogens with two attached hydrogens (primary N) is 1. The number of nitro benzene ring substituents is 1. The van der Waals surface area contributed by atoms with Crippen LogP contribution in [0.15, 0.2) is 45.8 Å². The summed E-state index contributed by atoms with van der Waals surface area (Å²) in [7, 11) is -4.08. The van der Waals surface area contributed by atoms with Gasteiger partial charge in [0.25, 0.3) is 5.69 Å². The van der Waals surface area contributed by atoms with Gasteiger partial charge >= 0.3 is 6.09 Å². The SMILES string of the molecule is CC(C)(C)NS(=O)(=O)c1c(Br)ccc(OC(N)=O)c1-c1ccc([N+](=O)[O-])cc1. The van der Waals surface area contributed by atoms with E-state index in [2.05, 4.69) is 20.7 Å². The molecular weight excluding hydrogens is 454 g/mol. The third-order valence-corrected chi connectivity index (χ3v) is 6.12. The molecule has 150 valence electrons. The highest BCUT2D eigenvalue weighted by atomic mass is 79.9. The number of benzene rings is 2. The van der Waals surface area contributed by atoms with Gasteiger partial charge in [-0.3, -0.25) is 10.1 Å². The van der Waals surface area contributed by atoms with Gasteiger partial charge in [0.05, 0.1) is 4.92 Å². The molecule has 0 aliphatic heterocycles. The maximum atomic E-state index is 13.1. The van der Waals surface area contributed by atoms with Gasteiger partial charge in [0.15, 0.2) is 0 Å². The van der Waals surface area contributed by atoms with Crippen LogP contribution in [0, 0.1) is 10.1 Å². The smallest absolute Gasteiger partial charge is 0.409 e. The van der Waals surface area contributed by atoms with Crippen LogP contribution in [0.25, 0.3) is 11.1 Å². The van der Waals surface area contributed by atoms with Crippen LogP contribution in [0.4, 0.5) is 10.5 Å². The number of primary amides is 1. The minimum absolute atomic E-state index is 0.0415. The van der Waals surface area contributed by atoms with E-state index in [1.807, 2.05) is 0 Å². The number of ether oxygens (including phenoxy) is 1. The summed E-state index contributed by atoms with van der Waals surface area (Å²) in [6.07, 6.45) is -1.13. The van der Waals surface area contributed by atoms with E-state index >= 15 is 0 Å². The van der Waals surface area contributed by atoms with Crippen molar-refractivity contribution in [2.75, 3.05) is 0 Å². The molecule has 0 bridgehead atoms. The van der Waals surface area contributed by atoms with Gasteiger partial charge in [-0.25, -0.2) is 17.9 Å². The van der Waals surface area contributed by atoms with Crippen molar-refractivity contribution in [3.63, 3.8) is 0 Å². The second-order valence-corrected chi connectivity index (χ2v) is 9.30. The zero-order chi connectivity index (χ0) is 21.3. The van der Waals surface area contributed by atoms with Gasteiger partial charge in [-0.2, -0.15) is 0 Å². The van der Waals surface area contributed by atoms with Crippen molar-refractivity contribution in [3.8, 4) is 16.9 Å². The van der Waals surface area contributed by atoms with E-state index in [1.165, 1.54) is 36.4 Å². The highest BCUT2D eigenvalue weighted by Gasteiger charge is 2.30. The minimum atomic E-state index is -4.08. The van der Waals surface area contributed by atoms with Crippen molar-refractivity contribution < 1.29 is 22.9 Å². The van der Waals surface area contributed by atoms with Crippen molar-refractivity contribution >= 4 is 37.7 Å². The van der Waals surface area contributed by atoms with Crippen LogP contribution in [-0.4, -0.2) is 25.0 Å². The topological polar surface area (TPSA) is 142 Å². The van der Waals surface area contributed by atoms with Crippen LogP contribution in [0.2, 0.25) is 0 Å². The lowest BCUT2D eigenvalue weighted by atomic mass is 10.0. The number of non-ortho nitro benzene ring substituents is 1. The summed E-state index contributed by atoms with van der Waals surface area (Å²) >= 11 is 3.23. The molecular formula is C17H18BrN3O6S. The molecule has 28 heavy (non-hydrogen) atoms. The fourth-order valence-corrected chi connectivity index (χ4v) is 5.16. The molecule has 9 nitrogen and oxygen atoms in total. The van der Waals surface area contributed by atoms with E-state index < -0.39 is 26.6 Å². The van der Waals surface area contributed by atoms with E-state index in [0.29, 0.717) is 0 Å². The third-order valence-electron chi connectivity index (χ3n) is 3.36. The molecule has 2 rings (SSSR count). The van der Waals surface area contributed by atoms with Crippen LogP contribution in [-0.2, 0) is 10.0 Å². The number of amides is 1. The molecule has 0 saturated carbocycles. The van der Waals surface area contributed by atoms with Crippen LogP contribution < -0.4 is 15.2 Å². The Bertz CT molecular complexity index is 1030. The summed E-state index contributed by atoms with van der Waals surface area (Å²) < 4.78 is 33.9. The van der Waals surface area contributed by atoms with Crippen LogP contribution in [0.1, 0.15) is 20.8 Å². The molecule has 0 aliphatic rings. The lowest BCUT2D eigenvalue weighted by Crippen LogP contribution is -2.40. The number of rotatable bonds is 5. The first-order valence-corrected chi connectivity index (χ1v) is 10.2. The Morgan fingerprint density at radius 3 is 2.21 bits per heavy atom. The summed E-state index contributed by atoms with van der Waals surface area (Å²) in [6, 6.07) is 7.95. The number of hydrogen-bond acceptors (Lipinski definition) is 6. The maximum absolute atomic E-state index is 13.1. The van der Waals surface area contributed by atoms with Gasteiger partial charge in [0.2, 0.25) is 10.0 Å². The fraction of sp³-hybridized carbons (Fsp3) is 0.235. The summed E-state index contributed by atoms with van der Waals surface area (Å²) in [6.45, 7) is 5.02. The van der Waals surface area contributed by atoms with E-state index in [0.717, 1.165) is 0 Å². The molecule has 1 amide bonds. The average Bonchev–Trinajstić information content (AvgIpc) is 2.53. The number of carbonyl (C=O) groups is 1. The van der Waals surface area contributed by atoms with Gasteiger partial charge in [-0.1, -0.05) is 0 Å². The Labute approximate surface area is 170 Å². The standard InChI is InChI=1S/C17H18BrN3O6S/c1-17(2,3)20-28(25,26)15-12(18)8-9-13(27-16(19)22)14(15)10-4-6-11(7-5-10)21(23)24/h4-9,20H,1-3H3,(H2,19,22). The molecule has 11 heteroatoms. The number of nitro groups is 1. The van der Waals surface area contributed by atoms with Gasteiger partial charge in [0, 0.05) is 27.7 Å². The molecule has 0 aromatic heterocycles. The van der Waals surface area contributed by atoms with E-state index in [1.54, 1.807) is 20.8 Å². The van der Waals surface area contributed by atoms with Crippen molar-refractivity contribution in [1.82, 2.24) is 4.72 Å². The summed E-state index contributed by atoms with van der Waals surface area (Å²) in [5, 5.41) is 10.9. The number of carbonyl (C=O) groups excluding carboxylic acids is 1. The van der Waals surface area contributed by atoms with Gasteiger partial charge in [-0.05, 0) is 66.5 Å². The number of nitrogens with one attached hydrogen (secondary N) is 1. The third kappa shape index (κ3) is 5.06. The van der Waals surface area contributed by atoms with E-state index in [-0.39, 0.29) is 31.9 Å². The maximum Gasteiger partial charge on any atom is 0.409 e. The predicted molar refractivity (Wildman–Crippen MR) is 107 cm³/mol. The van der Waals surface area contributed by atoms with Crippen molar-refractivity contribution in [1.29, 1.82) is 0 Å². The Morgan fingerprint density at radius 2 is 1.75 bits per heavy atom. The number of halogens is 1. The molecule has 2 aromatic carbocycles. The molecule has 2 aromatic rings. The van der Waals surface area contributed by atoms with Gasteiger partial charge in [-0.15, -0.1) is 0 Å². The van der Waals surface area contributed by atoms with Crippen LogP contribution >= 0.6 is 15.9 Å². The van der Waals surface area contributed by atoms with Crippen LogP contribution in [0.5, 0.6) is 5.75 Å². The first-order valence-electron chi connectivity index (χ1n) is 7.90. The zero-order valence-electron chi connectivity index (χ0n) is 15.2. The number of hydrogen-bond donors (Lipinski definition) is 2. The summed E-state index contributed by atoms with van der Waals surface area (Å²) in [5.74, 6) is -0.0983. The Morgan fingerprint density at radius 1 is 1.18 bits per heavy atom. The first-order chi connectivity index (χ1) is 12.8. The first kappa shape index (κ1) is 21.8. The number of nitrogens with zero attached hydrogens (tertiary/aromatic N) is 1. The quantitative estimate of drug-likeness (QED) is 0.504. The zero-order valence-corrected chi connectivity index (χ0v) is 17.6. The minimum Gasteiger partial charge on any atom is -0.410 e. The Balaban J connectivity index is 2.81. The average molecular weight is 472 g/mol. The molecule has 0 saturated heterocycles. The Kier molecular flexibility index (Phi) is 6.12. The monoisotopic (exact) mass is 471 g/mol. The lowest BCUT2D eigenvalue weighted by Gasteiger charge is -2.23. The molecule has 3 N–H and O–H groups in total. The fourth-order valence-electron chi connectivity index (χ4n) is 2.47. The molecule has 0 heterocycles. The molecule has 0 aliphatic carbocycles. The molecule has 0 radical (unpaired) electrons. The molecule has 0 unspecified atom stereocenters. The van der Waals surface area contributed by atoms with Crippen LogP contribution in [0.3, 0.4) is 0 Å². The van der Waals surface area contributed by atoms with Crippen molar-refractivity contribution in [2.45, 2.75) is 31.2 Å². The second kappa shape index (κ2) is 7.86. The molecule has 0 atom stereocenters.